The van der Waals surface area contributed by atoms with E-state index in [-0.39, 0.29) is 24.2 Å². The highest BCUT2D eigenvalue weighted by Gasteiger charge is 2.38. The smallest absolute Gasteiger partial charge is 0.232 e. The number of benzene rings is 1. The van der Waals surface area contributed by atoms with Gasteiger partial charge < -0.3 is 14.2 Å². The summed E-state index contributed by atoms with van der Waals surface area (Å²) in [5, 5.41) is 0. The number of nitrogens with zero attached hydrogens (tertiary/aromatic N) is 2. The summed E-state index contributed by atoms with van der Waals surface area (Å²) >= 11 is 0. The van der Waals surface area contributed by atoms with Crippen LogP contribution in [0.1, 0.15) is 29.7 Å². The Morgan fingerprint density at radius 1 is 1.32 bits per heavy atom. The van der Waals surface area contributed by atoms with Crippen LogP contribution >= 0.6 is 0 Å². The maximum Gasteiger partial charge on any atom is 0.232 e. The Labute approximate surface area is 147 Å². The van der Waals surface area contributed by atoms with E-state index in [1.807, 2.05) is 29.2 Å². The molecule has 5 heteroatoms. The molecule has 2 aromatic rings. The van der Waals surface area contributed by atoms with Gasteiger partial charge >= 0.3 is 0 Å². The normalized spacial score (nSPS) is 20.0. The molecule has 25 heavy (non-hydrogen) atoms. The van der Waals surface area contributed by atoms with Crippen LogP contribution < -0.4 is 4.90 Å². The van der Waals surface area contributed by atoms with Crippen molar-refractivity contribution in [3.05, 3.63) is 53.5 Å². The van der Waals surface area contributed by atoms with Gasteiger partial charge in [0.2, 0.25) is 11.8 Å². The molecule has 4 rings (SSSR count). The molecular formula is C20H22N2O3. The number of anilines is 1. The van der Waals surface area contributed by atoms with E-state index in [1.165, 1.54) is 11.1 Å². The summed E-state index contributed by atoms with van der Waals surface area (Å²) in [6, 6.07) is 9.92. The minimum atomic E-state index is -0.269. The quantitative estimate of drug-likeness (QED) is 0.865. The molecule has 1 saturated heterocycles. The highest BCUT2D eigenvalue weighted by atomic mass is 16.3. The van der Waals surface area contributed by atoms with Gasteiger partial charge in [0.25, 0.3) is 0 Å². The van der Waals surface area contributed by atoms with E-state index in [1.54, 1.807) is 11.2 Å². The Bertz CT molecular complexity index is 797. The minimum Gasteiger partial charge on any atom is -0.467 e. The summed E-state index contributed by atoms with van der Waals surface area (Å²) < 4.78 is 5.32. The van der Waals surface area contributed by atoms with Crippen LogP contribution in [0, 0.1) is 12.8 Å². The number of aryl methyl sites for hydroxylation is 2. The third kappa shape index (κ3) is 3.06. The zero-order valence-corrected chi connectivity index (χ0v) is 14.4. The Balaban J connectivity index is 1.50. The second-order valence-electron chi connectivity index (χ2n) is 6.98. The van der Waals surface area contributed by atoms with Gasteiger partial charge in [0, 0.05) is 25.2 Å². The Morgan fingerprint density at radius 2 is 2.20 bits per heavy atom. The first kappa shape index (κ1) is 15.9. The number of amides is 2. The van der Waals surface area contributed by atoms with Crippen LogP contribution in [0.3, 0.4) is 0 Å². The van der Waals surface area contributed by atoms with Crippen LogP contribution in [-0.2, 0) is 22.6 Å². The van der Waals surface area contributed by atoms with Gasteiger partial charge in [-0.15, -0.1) is 0 Å². The lowest BCUT2D eigenvalue weighted by atomic mass is 9.97. The van der Waals surface area contributed by atoms with E-state index in [9.17, 15) is 9.59 Å². The van der Waals surface area contributed by atoms with Crippen molar-refractivity contribution in [3.63, 3.8) is 0 Å². The van der Waals surface area contributed by atoms with E-state index in [4.69, 9.17) is 4.42 Å². The third-order valence-corrected chi connectivity index (χ3v) is 5.11. The van der Waals surface area contributed by atoms with E-state index in [0.29, 0.717) is 13.1 Å². The van der Waals surface area contributed by atoms with E-state index in [0.717, 1.165) is 30.8 Å². The molecule has 0 N–H and O–H groups in total. The summed E-state index contributed by atoms with van der Waals surface area (Å²) in [7, 11) is 0. The highest BCUT2D eigenvalue weighted by Crippen LogP contribution is 2.31. The number of hydrogen-bond acceptors (Lipinski definition) is 3. The Hall–Kier alpha value is -2.56. The minimum absolute atomic E-state index is 0.0240. The third-order valence-electron chi connectivity index (χ3n) is 5.11. The molecule has 130 valence electrons. The summed E-state index contributed by atoms with van der Waals surface area (Å²) in [5.41, 5.74) is 3.46. The number of carbonyl (C=O) groups excluding carboxylic acids is 2. The van der Waals surface area contributed by atoms with Crippen LogP contribution in [0.2, 0.25) is 0 Å². The summed E-state index contributed by atoms with van der Waals surface area (Å²) in [6.45, 7) is 3.71. The van der Waals surface area contributed by atoms with Gasteiger partial charge in [-0.2, -0.15) is 0 Å². The molecule has 2 amide bonds. The molecule has 1 aromatic carbocycles. The summed E-state index contributed by atoms with van der Waals surface area (Å²) in [6.07, 6.45) is 3.87. The number of furan rings is 1. The molecule has 0 radical (unpaired) electrons. The molecular weight excluding hydrogens is 316 g/mol. The largest absolute Gasteiger partial charge is 0.467 e. The van der Waals surface area contributed by atoms with Crippen LogP contribution in [0.25, 0.3) is 0 Å². The predicted octanol–water partition coefficient (Wildman–Crippen LogP) is 2.92. The van der Waals surface area contributed by atoms with Crippen molar-refractivity contribution >= 4 is 17.5 Å². The zero-order valence-electron chi connectivity index (χ0n) is 14.4. The lowest BCUT2D eigenvalue weighted by molar-refractivity contribution is -0.129. The van der Waals surface area contributed by atoms with Crippen molar-refractivity contribution in [2.45, 2.75) is 32.7 Å². The zero-order chi connectivity index (χ0) is 17.4. The van der Waals surface area contributed by atoms with Gasteiger partial charge in [0.15, 0.2) is 0 Å². The second-order valence-corrected chi connectivity index (χ2v) is 6.98. The van der Waals surface area contributed by atoms with Crippen molar-refractivity contribution in [1.29, 1.82) is 0 Å². The molecule has 0 bridgehead atoms. The number of rotatable bonds is 3. The first-order valence-corrected chi connectivity index (χ1v) is 8.83. The first-order valence-electron chi connectivity index (χ1n) is 8.83. The predicted molar refractivity (Wildman–Crippen MR) is 94.1 cm³/mol. The molecule has 1 atom stereocenters. The van der Waals surface area contributed by atoms with Crippen LogP contribution in [0.15, 0.2) is 41.0 Å². The summed E-state index contributed by atoms with van der Waals surface area (Å²) in [5.74, 6) is 0.575. The van der Waals surface area contributed by atoms with Crippen LogP contribution in [0.4, 0.5) is 5.69 Å². The lowest BCUT2D eigenvalue weighted by Crippen LogP contribution is -2.40. The molecule has 1 fully saturated rings. The maximum absolute atomic E-state index is 13.1. The summed E-state index contributed by atoms with van der Waals surface area (Å²) in [4.78, 5) is 29.0. The number of hydrogen-bond donors (Lipinski definition) is 0. The number of carbonyl (C=O) groups is 2. The second kappa shape index (κ2) is 6.39. The van der Waals surface area contributed by atoms with Gasteiger partial charge in [-0.05, 0) is 43.5 Å². The molecule has 5 nitrogen and oxygen atoms in total. The van der Waals surface area contributed by atoms with E-state index >= 15 is 0 Å². The van der Waals surface area contributed by atoms with E-state index in [2.05, 4.69) is 13.0 Å². The molecule has 0 aliphatic carbocycles. The van der Waals surface area contributed by atoms with Crippen molar-refractivity contribution in [2.75, 3.05) is 18.0 Å². The Kier molecular flexibility index (Phi) is 4.07. The van der Waals surface area contributed by atoms with Gasteiger partial charge in [-0.3, -0.25) is 9.59 Å². The van der Waals surface area contributed by atoms with Gasteiger partial charge in [0.05, 0.1) is 18.7 Å². The van der Waals surface area contributed by atoms with Crippen molar-refractivity contribution in [2.24, 2.45) is 5.92 Å². The average molecular weight is 338 g/mol. The SMILES string of the molecule is Cc1ccc2c(c1)CCCN2C(=O)C1CC(=O)N(Cc2ccco2)C1. The van der Waals surface area contributed by atoms with Crippen LogP contribution in [0.5, 0.6) is 0 Å². The Morgan fingerprint density at radius 3 is 3.00 bits per heavy atom. The molecule has 2 aliphatic heterocycles. The maximum atomic E-state index is 13.1. The monoisotopic (exact) mass is 338 g/mol. The average Bonchev–Trinajstić information content (AvgIpc) is 3.24. The molecule has 0 spiro atoms. The van der Waals surface area contributed by atoms with Gasteiger partial charge in [-0.25, -0.2) is 0 Å². The molecule has 2 aliphatic rings. The fraction of sp³-hybridized carbons (Fsp3) is 0.400. The van der Waals surface area contributed by atoms with Crippen molar-refractivity contribution in [3.8, 4) is 0 Å². The standard InChI is InChI=1S/C20H22N2O3/c1-14-6-7-18-15(10-14)4-2-8-22(18)20(24)16-11-19(23)21(12-16)13-17-5-3-9-25-17/h3,5-7,9-10,16H,2,4,8,11-13H2,1H3. The molecule has 3 heterocycles. The fourth-order valence-electron chi connectivity index (χ4n) is 3.86. The highest BCUT2D eigenvalue weighted by molar-refractivity contribution is 5.99. The van der Waals surface area contributed by atoms with E-state index < -0.39 is 0 Å². The molecule has 0 saturated carbocycles. The number of fused-ring (bicyclic) bond motifs is 1. The fourth-order valence-corrected chi connectivity index (χ4v) is 3.86. The van der Waals surface area contributed by atoms with Crippen LogP contribution in [-0.4, -0.2) is 29.8 Å². The van der Waals surface area contributed by atoms with Gasteiger partial charge in [-0.1, -0.05) is 17.7 Å². The van der Waals surface area contributed by atoms with Gasteiger partial charge in [0.1, 0.15) is 5.76 Å². The number of likely N-dealkylation sites (tertiary alicyclic amines) is 1. The topological polar surface area (TPSA) is 53.8 Å². The molecule has 1 unspecified atom stereocenters. The van der Waals surface area contributed by atoms with Crippen molar-refractivity contribution in [1.82, 2.24) is 4.90 Å². The molecule has 1 aromatic heterocycles. The lowest BCUT2D eigenvalue weighted by Gasteiger charge is -2.31. The first-order chi connectivity index (χ1) is 12.1. The van der Waals surface area contributed by atoms with Crippen molar-refractivity contribution < 1.29 is 14.0 Å².